The average Bonchev–Trinajstić information content (AvgIpc) is 2.13. The van der Waals surface area contributed by atoms with Crippen LogP contribution in [0.4, 0.5) is 0 Å². The van der Waals surface area contributed by atoms with Crippen LogP contribution in [0, 0.1) is 11.8 Å². The van der Waals surface area contributed by atoms with Gasteiger partial charge in [0.25, 0.3) is 0 Å². The first kappa shape index (κ1) is 11.0. The van der Waals surface area contributed by atoms with E-state index < -0.39 is 0 Å². The summed E-state index contributed by atoms with van der Waals surface area (Å²) in [4.78, 5) is 22.5. The number of allylic oxidation sites excluding steroid dienone is 1. The van der Waals surface area contributed by atoms with Crippen molar-refractivity contribution in [1.29, 1.82) is 0 Å². The second-order valence-electron chi connectivity index (χ2n) is 3.97. The molecule has 1 fully saturated rings. The topological polar surface area (TPSA) is 43.4 Å². The Hall–Kier alpha value is -1.12. The monoisotopic (exact) mass is 196 g/mol. The van der Waals surface area contributed by atoms with Crippen molar-refractivity contribution in [3.63, 3.8) is 0 Å². The van der Waals surface area contributed by atoms with Gasteiger partial charge < -0.3 is 4.74 Å². The zero-order valence-corrected chi connectivity index (χ0v) is 8.71. The van der Waals surface area contributed by atoms with Gasteiger partial charge in [0, 0.05) is 6.42 Å². The van der Waals surface area contributed by atoms with Gasteiger partial charge in [0.05, 0.1) is 13.5 Å². The van der Waals surface area contributed by atoms with Gasteiger partial charge in [-0.15, -0.1) is 0 Å². The largest absolute Gasteiger partial charge is 0.469 e. The first-order valence-electron chi connectivity index (χ1n) is 4.83. The SMILES string of the molecule is C=C1C(=O)C[C@H](C)C[C@H]1CC(=O)OC. The highest BCUT2D eigenvalue weighted by Crippen LogP contribution is 2.32. The number of carbonyl (C=O) groups is 2. The average molecular weight is 196 g/mol. The molecular formula is C11H16O3. The van der Waals surface area contributed by atoms with Gasteiger partial charge in [0.2, 0.25) is 0 Å². The molecule has 0 N–H and O–H groups in total. The number of hydrogen-bond acceptors (Lipinski definition) is 3. The molecule has 0 aromatic rings. The molecule has 0 heterocycles. The molecule has 0 spiro atoms. The van der Waals surface area contributed by atoms with Gasteiger partial charge in [-0.1, -0.05) is 13.5 Å². The van der Waals surface area contributed by atoms with Crippen molar-refractivity contribution in [2.75, 3.05) is 7.11 Å². The van der Waals surface area contributed by atoms with Crippen LogP contribution < -0.4 is 0 Å². The fraction of sp³-hybridized carbons (Fsp3) is 0.636. The van der Waals surface area contributed by atoms with Gasteiger partial charge >= 0.3 is 5.97 Å². The van der Waals surface area contributed by atoms with E-state index in [4.69, 9.17) is 0 Å². The molecule has 0 aliphatic heterocycles. The zero-order chi connectivity index (χ0) is 10.7. The number of Topliss-reactive ketones (excluding diaryl/α,β-unsaturated/α-hetero) is 1. The summed E-state index contributed by atoms with van der Waals surface area (Å²) in [6.45, 7) is 5.76. The van der Waals surface area contributed by atoms with Gasteiger partial charge in [0.1, 0.15) is 0 Å². The molecule has 3 nitrogen and oxygen atoms in total. The highest BCUT2D eigenvalue weighted by atomic mass is 16.5. The molecule has 14 heavy (non-hydrogen) atoms. The number of methoxy groups -OCH3 is 1. The summed E-state index contributed by atoms with van der Waals surface area (Å²) < 4.78 is 4.58. The normalized spacial score (nSPS) is 27.6. The van der Waals surface area contributed by atoms with Crippen molar-refractivity contribution in [3.05, 3.63) is 12.2 Å². The summed E-state index contributed by atoms with van der Waals surface area (Å²) >= 11 is 0. The van der Waals surface area contributed by atoms with Crippen molar-refractivity contribution in [2.45, 2.75) is 26.2 Å². The van der Waals surface area contributed by atoms with E-state index in [1.165, 1.54) is 7.11 Å². The highest BCUT2D eigenvalue weighted by molar-refractivity contribution is 5.96. The molecule has 0 unspecified atom stereocenters. The maximum absolute atomic E-state index is 11.4. The zero-order valence-electron chi connectivity index (χ0n) is 8.71. The van der Waals surface area contributed by atoms with Crippen molar-refractivity contribution < 1.29 is 14.3 Å². The predicted octanol–water partition coefficient (Wildman–Crippen LogP) is 1.72. The van der Waals surface area contributed by atoms with E-state index in [0.29, 0.717) is 17.9 Å². The Labute approximate surface area is 84.1 Å². The van der Waals surface area contributed by atoms with Gasteiger partial charge in [-0.25, -0.2) is 0 Å². The van der Waals surface area contributed by atoms with Crippen molar-refractivity contribution in [1.82, 2.24) is 0 Å². The van der Waals surface area contributed by atoms with Crippen LogP contribution in [0.25, 0.3) is 0 Å². The molecule has 3 heteroatoms. The number of ketones is 1. The standard InChI is InChI=1S/C11H16O3/c1-7-4-9(6-11(13)14-3)8(2)10(12)5-7/h7,9H,2,4-6H2,1,3H3/t7-,9+/m1/s1. The minimum atomic E-state index is -0.266. The van der Waals surface area contributed by atoms with E-state index in [1.807, 2.05) is 6.92 Å². The lowest BCUT2D eigenvalue weighted by molar-refractivity contribution is -0.141. The number of rotatable bonds is 2. The Morgan fingerprint density at radius 3 is 2.86 bits per heavy atom. The van der Waals surface area contributed by atoms with Crippen molar-refractivity contribution in [3.8, 4) is 0 Å². The molecule has 0 bridgehead atoms. The number of hydrogen-bond donors (Lipinski definition) is 0. The summed E-state index contributed by atoms with van der Waals surface area (Å²) in [5.41, 5.74) is 0.591. The van der Waals surface area contributed by atoms with E-state index in [0.717, 1.165) is 6.42 Å². The molecule has 78 valence electrons. The Kier molecular flexibility index (Phi) is 3.44. The van der Waals surface area contributed by atoms with E-state index in [2.05, 4.69) is 11.3 Å². The third-order valence-electron chi connectivity index (χ3n) is 2.71. The number of carbonyl (C=O) groups excluding carboxylic acids is 2. The molecule has 0 radical (unpaired) electrons. The quantitative estimate of drug-likeness (QED) is 0.499. The molecule has 1 aliphatic rings. The Morgan fingerprint density at radius 1 is 1.64 bits per heavy atom. The molecule has 1 rings (SSSR count). The predicted molar refractivity (Wildman–Crippen MR) is 52.7 cm³/mol. The Morgan fingerprint density at radius 2 is 2.29 bits per heavy atom. The number of ether oxygens (including phenoxy) is 1. The molecule has 0 saturated heterocycles. The molecule has 1 saturated carbocycles. The molecule has 0 amide bonds. The highest BCUT2D eigenvalue weighted by Gasteiger charge is 2.29. The molecule has 0 aromatic heterocycles. The van der Waals surface area contributed by atoms with Crippen LogP contribution >= 0.6 is 0 Å². The van der Waals surface area contributed by atoms with E-state index in [-0.39, 0.29) is 24.1 Å². The first-order valence-corrected chi connectivity index (χ1v) is 4.83. The summed E-state index contributed by atoms with van der Waals surface area (Å²) in [6.07, 6.45) is 1.71. The summed E-state index contributed by atoms with van der Waals surface area (Å²) in [7, 11) is 1.36. The van der Waals surface area contributed by atoms with Gasteiger partial charge in [-0.2, -0.15) is 0 Å². The van der Waals surface area contributed by atoms with E-state index >= 15 is 0 Å². The number of esters is 1. The molecule has 1 aliphatic carbocycles. The minimum Gasteiger partial charge on any atom is -0.469 e. The summed E-state index contributed by atoms with van der Waals surface area (Å²) in [5, 5.41) is 0. The minimum absolute atomic E-state index is 0.0151. The van der Waals surface area contributed by atoms with E-state index in [9.17, 15) is 9.59 Å². The Bertz CT molecular complexity index is 268. The molecular weight excluding hydrogens is 180 g/mol. The summed E-state index contributed by atoms with van der Waals surface area (Å²) in [5.74, 6) is 0.164. The van der Waals surface area contributed by atoms with Crippen molar-refractivity contribution >= 4 is 11.8 Å². The van der Waals surface area contributed by atoms with Crippen LogP contribution in [0.2, 0.25) is 0 Å². The van der Waals surface area contributed by atoms with Gasteiger partial charge in [0.15, 0.2) is 5.78 Å². The van der Waals surface area contributed by atoms with Crippen LogP contribution in [0.3, 0.4) is 0 Å². The lowest BCUT2D eigenvalue weighted by Crippen LogP contribution is -2.26. The smallest absolute Gasteiger partial charge is 0.306 e. The molecule has 0 aromatic carbocycles. The molecule has 2 atom stereocenters. The van der Waals surface area contributed by atoms with Crippen molar-refractivity contribution in [2.24, 2.45) is 11.8 Å². The van der Waals surface area contributed by atoms with Gasteiger partial charge in [-0.3, -0.25) is 9.59 Å². The third-order valence-corrected chi connectivity index (χ3v) is 2.71. The second kappa shape index (κ2) is 4.40. The Balaban J connectivity index is 2.62. The second-order valence-corrected chi connectivity index (χ2v) is 3.97. The van der Waals surface area contributed by atoms with Crippen LogP contribution in [-0.4, -0.2) is 18.9 Å². The maximum atomic E-state index is 11.4. The van der Waals surface area contributed by atoms with Crippen LogP contribution in [0.15, 0.2) is 12.2 Å². The fourth-order valence-corrected chi connectivity index (χ4v) is 1.88. The first-order chi connectivity index (χ1) is 6.54. The lowest BCUT2D eigenvalue weighted by Gasteiger charge is -2.26. The van der Waals surface area contributed by atoms with Gasteiger partial charge in [-0.05, 0) is 23.8 Å². The van der Waals surface area contributed by atoms with Crippen LogP contribution in [0.5, 0.6) is 0 Å². The fourth-order valence-electron chi connectivity index (χ4n) is 1.88. The summed E-state index contributed by atoms with van der Waals surface area (Å²) in [6, 6.07) is 0. The van der Waals surface area contributed by atoms with Crippen LogP contribution in [-0.2, 0) is 14.3 Å². The van der Waals surface area contributed by atoms with E-state index in [1.54, 1.807) is 0 Å². The maximum Gasteiger partial charge on any atom is 0.306 e. The third kappa shape index (κ3) is 2.44. The lowest BCUT2D eigenvalue weighted by atomic mass is 9.77. The van der Waals surface area contributed by atoms with Crippen LogP contribution in [0.1, 0.15) is 26.2 Å².